The number of aryl methyl sites for hydroxylation is 1. The third-order valence-electron chi connectivity index (χ3n) is 1.52. The lowest BCUT2D eigenvalue weighted by atomic mass is 10.2. The molecule has 1 heterocycles. The van der Waals surface area contributed by atoms with E-state index in [0.29, 0.717) is 0 Å². The third kappa shape index (κ3) is 1.58. The quantitative estimate of drug-likeness (QED) is 0.533. The minimum absolute atomic E-state index is 0.201. The van der Waals surface area contributed by atoms with Crippen LogP contribution < -0.4 is 0 Å². The van der Waals surface area contributed by atoms with Crippen molar-refractivity contribution in [1.29, 1.82) is 0 Å². The molecule has 1 aromatic rings. The Hall–Kier alpha value is -1.32. The van der Waals surface area contributed by atoms with E-state index in [4.69, 9.17) is 0 Å². The average molecular weight is 154 g/mol. The van der Waals surface area contributed by atoms with Crippen molar-refractivity contribution < 1.29 is 4.92 Å². The summed E-state index contributed by atoms with van der Waals surface area (Å²) in [4.78, 5) is 12.7. The summed E-state index contributed by atoms with van der Waals surface area (Å²) < 4.78 is 0. The molecule has 1 N–H and O–H groups in total. The van der Waals surface area contributed by atoms with Crippen molar-refractivity contribution in [3.63, 3.8) is 0 Å². The molecule has 1 rings (SSSR count). The summed E-state index contributed by atoms with van der Waals surface area (Å²) in [7, 11) is 0. The van der Waals surface area contributed by atoms with E-state index in [1.54, 1.807) is 6.20 Å². The van der Waals surface area contributed by atoms with Crippen LogP contribution in [0, 0.1) is 10.1 Å². The van der Waals surface area contributed by atoms with Crippen LogP contribution in [-0.4, -0.2) is 9.91 Å². The van der Waals surface area contributed by atoms with E-state index in [2.05, 4.69) is 4.98 Å². The molecule has 0 aromatic carbocycles. The van der Waals surface area contributed by atoms with E-state index >= 15 is 0 Å². The fourth-order valence-electron chi connectivity index (χ4n) is 1.03. The number of hydrogen-bond donors (Lipinski definition) is 1. The predicted octanol–water partition coefficient (Wildman–Crippen LogP) is 1.88. The van der Waals surface area contributed by atoms with Gasteiger partial charge in [0.25, 0.3) is 5.69 Å². The van der Waals surface area contributed by atoms with Crippen molar-refractivity contribution >= 4 is 5.69 Å². The molecular formula is C7H10N2O2. The highest BCUT2D eigenvalue weighted by atomic mass is 16.6. The zero-order valence-corrected chi connectivity index (χ0v) is 6.33. The van der Waals surface area contributed by atoms with Gasteiger partial charge in [0.2, 0.25) is 0 Å². The molecular weight excluding hydrogens is 144 g/mol. The number of H-pyrrole nitrogens is 1. The van der Waals surface area contributed by atoms with Crippen molar-refractivity contribution in [2.24, 2.45) is 0 Å². The number of aromatic amines is 1. The number of nitro groups is 1. The van der Waals surface area contributed by atoms with Gasteiger partial charge in [-0.25, -0.2) is 0 Å². The van der Waals surface area contributed by atoms with E-state index < -0.39 is 0 Å². The van der Waals surface area contributed by atoms with Gasteiger partial charge in [-0.1, -0.05) is 13.3 Å². The highest BCUT2D eigenvalue weighted by molar-refractivity contribution is 5.37. The van der Waals surface area contributed by atoms with Gasteiger partial charge in [-0.2, -0.15) is 0 Å². The fourth-order valence-corrected chi connectivity index (χ4v) is 1.03. The molecule has 4 heteroatoms. The molecule has 0 amide bonds. The Kier molecular flexibility index (Phi) is 2.25. The highest BCUT2D eigenvalue weighted by Crippen LogP contribution is 2.18. The van der Waals surface area contributed by atoms with Crippen molar-refractivity contribution in [1.82, 2.24) is 4.98 Å². The van der Waals surface area contributed by atoms with Crippen LogP contribution >= 0.6 is 0 Å². The third-order valence-corrected chi connectivity index (χ3v) is 1.52. The van der Waals surface area contributed by atoms with E-state index in [0.717, 1.165) is 18.4 Å². The minimum Gasteiger partial charge on any atom is -0.362 e. The van der Waals surface area contributed by atoms with Crippen molar-refractivity contribution in [2.45, 2.75) is 19.8 Å². The number of nitrogens with one attached hydrogen (secondary N) is 1. The largest absolute Gasteiger partial charge is 0.362 e. The first-order valence-corrected chi connectivity index (χ1v) is 3.55. The van der Waals surface area contributed by atoms with Crippen LogP contribution in [0.25, 0.3) is 0 Å². The second-order valence-corrected chi connectivity index (χ2v) is 2.37. The molecule has 1 aromatic heterocycles. The van der Waals surface area contributed by atoms with Crippen molar-refractivity contribution in [3.05, 3.63) is 28.1 Å². The number of rotatable bonds is 3. The van der Waals surface area contributed by atoms with E-state index in [9.17, 15) is 10.1 Å². The molecule has 4 nitrogen and oxygen atoms in total. The summed E-state index contributed by atoms with van der Waals surface area (Å²) in [6.45, 7) is 2.00. The monoisotopic (exact) mass is 154 g/mol. The standard InChI is InChI=1S/C7H10N2O2/c1-2-3-6-4-8-5-7(6)9(10)11/h4-5,8H,2-3H2,1H3. The molecule has 0 spiro atoms. The molecule has 0 unspecified atom stereocenters. The maximum absolute atomic E-state index is 10.3. The molecule has 11 heavy (non-hydrogen) atoms. The number of hydrogen-bond acceptors (Lipinski definition) is 2. The molecule has 0 aliphatic heterocycles. The smallest absolute Gasteiger partial charge is 0.289 e. The van der Waals surface area contributed by atoms with E-state index in [-0.39, 0.29) is 10.6 Å². The van der Waals surface area contributed by atoms with Gasteiger partial charge in [-0.05, 0) is 6.42 Å². The number of nitrogens with zero attached hydrogens (tertiary/aromatic N) is 1. The Balaban J connectivity index is 2.87. The second kappa shape index (κ2) is 3.18. The fraction of sp³-hybridized carbons (Fsp3) is 0.429. The number of aromatic nitrogens is 1. The maximum atomic E-state index is 10.3. The lowest BCUT2D eigenvalue weighted by molar-refractivity contribution is -0.385. The molecule has 0 saturated carbocycles. The Bertz CT molecular complexity index is 255. The van der Waals surface area contributed by atoms with Crippen LogP contribution in [0.3, 0.4) is 0 Å². The van der Waals surface area contributed by atoms with Gasteiger partial charge in [0, 0.05) is 11.8 Å². The van der Waals surface area contributed by atoms with Gasteiger partial charge in [0.1, 0.15) is 0 Å². The zero-order chi connectivity index (χ0) is 8.27. The van der Waals surface area contributed by atoms with Crippen molar-refractivity contribution in [2.75, 3.05) is 0 Å². The summed E-state index contributed by atoms with van der Waals surface area (Å²) in [5.74, 6) is 0. The van der Waals surface area contributed by atoms with Gasteiger partial charge >= 0.3 is 0 Å². The van der Waals surface area contributed by atoms with Gasteiger partial charge in [-0.3, -0.25) is 10.1 Å². The molecule has 0 saturated heterocycles. The van der Waals surface area contributed by atoms with Gasteiger partial charge in [-0.15, -0.1) is 0 Å². The van der Waals surface area contributed by atoms with Crippen LogP contribution in [0.1, 0.15) is 18.9 Å². The van der Waals surface area contributed by atoms with E-state index in [1.165, 1.54) is 6.20 Å². The molecule has 0 aliphatic carbocycles. The zero-order valence-electron chi connectivity index (χ0n) is 6.33. The lowest BCUT2D eigenvalue weighted by Gasteiger charge is -1.91. The van der Waals surface area contributed by atoms with Gasteiger partial charge < -0.3 is 4.98 Å². The molecule has 0 bridgehead atoms. The Morgan fingerprint density at radius 2 is 2.36 bits per heavy atom. The van der Waals surface area contributed by atoms with Gasteiger partial charge in [0.05, 0.1) is 11.1 Å². The van der Waals surface area contributed by atoms with Crippen molar-refractivity contribution in [3.8, 4) is 0 Å². The first-order chi connectivity index (χ1) is 5.25. The summed E-state index contributed by atoms with van der Waals surface area (Å²) in [6.07, 6.45) is 4.80. The molecule has 0 radical (unpaired) electrons. The Morgan fingerprint density at radius 1 is 1.64 bits per heavy atom. The van der Waals surface area contributed by atoms with Crippen LogP contribution in [0.5, 0.6) is 0 Å². The summed E-state index contributed by atoms with van der Waals surface area (Å²) in [5.41, 5.74) is 0.990. The molecule has 0 aliphatic rings. The summed E-state index contributed by atoms with van der Waals surface area (Å²) in [6, 6.07) is 0. The first kappa shape index (κ1) is 7.78. The topological polar surface area (TPSA) is 58.9 Å². The van der Waals surface area contributed by atoms with Crippen LogP contribution in [0.4, 0.5) is 5.69 Å². The average Bonchev–Trinajstić information content (AvgIpc) is 2.36. The first-order valence-electron chi connectivity index (χ1n) is 3.55. The van der Waals surface area contributed by atoms with Crippen LogP contribution in [-0.2, 0) is 6.42 Å². The lowest BCUT2D eigenvalue weighted by Crippen LogP contribution is -1.90. The maximum Gasteiger partial charge on any atom is 0.289 e. The SMILES string of the molecule is CCCc1c[nH]cc1[N+](=O)[O-]. The normalized spacial score (nSPS) is 9.91. The van der Waals surface area contributed by atoms with Gasteiger partial charge in [0.15, 0.2) is 0 Å². The highest BCUT2D eigenvalue weighted by Gasteiger charge is 2.12. The Morgan fingerprint density at radius 3 is 2.91 bits per heavy atom. The van der Waals surface area contributed by atoms with Crippen LogP contribution in [0.2, 0.25) is 0 Å². The predicted molar refractivity (Wildman–Crippen MR) is 41.4 cm³/mol. The van der Waals surface area contributed by atoms with Crippen LogP contribution in [0.15, 0.2) is 12.4 Å². The molecule has 60 valence electrons. The van der Waals surface area contributed by atoms with E-state index in [1.807, 2.05) is 6.92 Å². The second-order valence-electron chi connectivity index (χ2n) is 2.37. The minimum atomic E-state index is -0.360. The molecule has 0 atom stereocenters. The molecule has 0 fully saturated rings. The Labute approximate surface area is 64.4 Å². The summed E-state index contributed by atoms with van der Waals surface area (Å²) in [5, 5.41) is 10.3. The summed E-state index contributed by atoms with van der Waals surface area (Å²) >= 11 is 0.